The first-order valence-corrected chi connectivity index (χ1v) is 8.34. The van der Waals surface area contributed by atoms with E-state index in [2.05, 4.69) is 10.3 Å². The first kappa shape index (κ1) is 17.1. The monoisotopic (exact) mass is 340 g/mol. The second-order valence-electron chi connectivity index (χ2n) is 6.08. The zero-order valence-corrected chi connectivity index (χ0v) is 13.8. The molecule has 6 nitrogen and oxygen atoms in total. The molecule has 1 amide bonds. The molecule has 0 saturated heterocycles. The summed E-state index contributed by atoms with van der Waals surface area (Å²) in [5.74, 6) is -1.61. The van der Waals surface area contributed by atoms with E-state index in [1.165, 1.54) is 31.0 Å². The predicted molar refractivity (Wildman–Crippen MR) is 92.6 cm³/mol. The number of hydrogen-bond donors (Lipinski definition) is 2. The van der Waals surface area contributed by atoms with Gasteiger partial charge >= 0.3 is 5.97 Å². The van der Waals surface area contributed by atoms with E-state index in [0.717, 1.165) is 18.4 Å². The van der Waals surface area contributed by atoms with Gasteiger partial charge in [0.2, 0.25) is 0 Å². The first-order valence-electron chi connectivity index (χ1n) is 8.34. The van der Waals surface area contributed by atoms with Crippen molar-refractivity contribution in [2.75, 3.05) is 5.32 Å². The van der Waals surface area contributed by atoms with Gasteiger partial charge in [0.25, 0.3) is 5.91 Å². The van der Waals surface area contributed by atoms with E-state index in [-0.39, 0.29) is 11.4 Å². The molecule has 1 saturated carbocycles. The van der Waals surface area contributed by atoms with E-state index in [1.807, 2.05) is 12.1 Å². The van der Waals surface area contributed by atoms with Gasteiger partial charge in [0.1, 0.15) is 11.4 Å². The van der Waals surface area contributed by atoms with Crippen molar-refractivity contribution in [2.24, 2.45) is 0 Å². The lowest BCUT2D eigenvalue weighted by Crippen LogP contribution is -2.15. The van der Waals surface area contributed by atoms with Gasteiger partial charge in [-0.1, -0.05) is 31.0 Å². The number of aromatic nitrogens is 1. The highest BCUT2D eigenvalue weighted by atomic mass is 16.5. The van der Waals surface area contributed by atoms with E-state index in [0.29, 0.717) is 18.4 Å². The number of anilines is 1. The highest BCUT2D eigenvalue weighted by Crippen LogP contribution is 2.22. The molecule has 25 heavy (non-hydrogen) atoms. The quantitative estimate of drug-likeness (QED) is 0.840. The van der Waals surface area contributed by atoms with Gasteiger partial charge in [0, 0.05) is 5.69 Å². The average molecular weight is 340 g/mol. The van der Waals surface area contributed by atoms with Gasteiger partial charge in [-0.3, -0.25) is 4.79 Å². The van der Waals surface area contributed by atoms with Gasteiger partial charge in [0.15, 0.2) is 0 Å². The lowest BCUT2D eigenvalue weighted by molar-refractivity contribution is 0.0457. The number of benzene rings is 1. The van der Waals surface area contributed by atoms with Crippen molar-refractivity contribution < 1.29 is 19.4 Å². The van der Waals surface area contributed by atoms with Crippen LogP contribution in [0.4, 0.5) is 5.69 Å². The van der Waals surface area contributed by atoms with Crippen LogP contribution in [0.5, 0.6) is 0 Å². The van der Waals surface area contributed by atoms with E-state index in [4.69, 9.17) is 9.84 Å². The minimum Gasteiger partial charge on any atom is -0.477 e. The molecule has 1 aromatic heterocycles. The molecule has 1 heterocycles. The zero-order chi connectivity index (χ0) is 17.6. The third-order valence-electron chi connectivity index (χ3n) is 4.20. The molecule has 1 aliphatic rings. The number of amides is 1. The number of carboxylic acids is 1. The standard InChI is InChI=1S/C19H20N2O4/c22-18(16-6-3-7-17(21-16)19(23)24)20-14-10-8-13(9-11-14)12-25-15-4-1-2-5-15/h3,6-11,15H,1-2,4-5,12H2,(H,20,22)(H,23,24). The maximum absolute atomic E-state index is 12.2. The SMILES string of the molecule is O=C(O)c1cccc(C(=O)Nc2ccc(COC3CCCC3)cc2)n1. The predicted octanol–water partition coefficient (Wildman–Crippen LogP) is 3.49. The second-order valence-corrected chi connectivity index (χ2v) is 6.08. The Morgan fingerprint density at radius 2 is 1.76 bits per heavy atom. The number of aromatic carboxylic acids is 1. The van der Waals surface area contributed by atoms with Crippen LogP contribution < -0.4 is 5.32 Å². The van der Waals surface area contributed by atoms with Crippen molar-refractivity contribution >= 4 is 17.6 Å². The molecule has 0 aliphatic heterocycles. The van der Waals surface area contributed by atoms with Crippen LogP contribution in [-0.2, 0) is 11.3 Å². The Balaban J connectivity index is 1.58. The number of ether oxygens (including phenoxy) is 1. The molecule has 1 fully saturated rings. The van der Waals surface area contributed by atoms with Crippen LogP contribution in [0.25, 0.3) is 0 Å². The molecule has 2 N–H and O–H groups in total. The zero-order valence-electron chi connectivity index (χ0n) is 13.8. The highest BCUT2D eigenvalue weighted by molar-refractivity contribution is 6.03. The summed E-state index contributed by atoms with van der Waals surface area (Å²) < 4.78 is 5.86. The van der Waals surface area contributed by atoms with Crippen LogP contribution in [0, 0.1) is 0 Å². The summed E-state index contributed by atoms with van der Waals surface area (Å²) in [6.45, 7) is 0.571. The van der Waals surface area contributed by atoms with Gasteiger partial charge in [-0.15, -0.1) is 0 Å². The molecule has 3 rings (SSSR count). The lowest BCUT2D eigenvalue weighted by atomic mass is 10.2. The van der Waals surface area contributed by atoms with Crippen molar-refractivity contribution in [1.29, 1.82) is 0 Å². The van der Waals surface area contributed by atoms with Crippen LogP contribution in [0.1, 0.15) is 52.2 Å². The van der Waals surface area contributed by atoms with Crippen LogP contribution in [-0.4, -0.2) is 28.1 Å². The summed E-state index contributed by atoms with van der Waals surface area (Å²) in [5.41, 5.74) is 1.58. The van der Waals surface area contributed by atoms with Gasteiger partial charge in [-0.2, -0.15) is 0 Å². The fourth-order valence-corrected chi connectivity index (χ4v) is 2.83. The molecular weight excluding hydrogens is 320 g/mol. The number of pyridine rings is 1. The van der Waals surface area contributed by atoms with Gasteiger partial charge in [-0.25, -0.2) is 9.78 Å². The fourth-order valence-electron chi connectivity index (χ4n) is 2.83. The number of carboxylic acid groups (broad SMARTS) is 1. The maximum Gasteiger partial charge on any atom is 0.354 e. The highest BCUT2D eigenvalue weighted by Gasteiger charge is 2.15. The summed E-state index contributed by atoms with van der Waals surface area (Å²) in [6.07, 6.45) is 5.12. The first-order chi connectivity index (χ1) is 12.1. The molecule has 130 valence electrons. The van der Waals surface area contributed by atoms with Gasteiger partial charge in [-0.05, 0) is 42.7 Å². The van der Waals surface area contributed by atoms with Crippen molar-refractivity contribution in [3.05, 3.63) is 59.4 Å². The number of nitrogens with one attached hydrogen (secondary N) is 1. The molecule has 0 unspecified atom stereocenters. The molecule has 0 radical (unpaired) electrons. The number of carbonyl (C=O) groups is 2. The minimum atomic E-state index is -1.17. The normalized spacial score (nSPS) is 14.4. The van der Waals surface area contributed by atoms with Gasteiger partial charge < -0.3 is 15.2 Å². The molecule has 1 aliphatic carbocycles. The Labute approximate surface area is 145 Å². The Morgan fingerprint density at radius 1 is 1.08 bits per heavy atom. The molecule has 1 aromatic carbocycles. The third kappa shape index (κ3) is 4.64. The van der Waals surface area contributed by atoms with E-state index < -0.39 is 11.9 Å². The van der Waals surface area contributed by atoms with E-state index in [9.17, 15) is 9.59 Å². The van der Waals surface area contributed by atoms with Crippen molar-refractivity contribution in [3.8, 4) is 0 Å². The maximum atomic E-state index is 12.2. The van der Waals surface area contributed by atoms with E-state index in [1.54, 1.807) is 12.1 Å². The molecule has 0 atom stereocenters. The lowest BCUT2D eigenvalue weighted by Gasteiger charge is -2.11. The van der Waals surface area contributed by atoms with Crippen LogP contribution in [0.2, 0.25) is 0 Å². The fraction of sp³-hybridized carbons (Fsp3) is 0.316. The summed E-state index contributed by atoms with van der Waals surface area (Å²) in [5, 5.41) is 11.6. The Hall–Kier alpha value is -2.73. The van der Waals surface area contributed by atoms with Crippen molar-refractivity contribution in [2.45, 2.75) is 38.4 Å². The van der Waals surface area contributed by atoms with Crippen molar-refractivity contribution in [3.63, 3.8) is 0 Å². The number of hydrogen-bond acceptors (Lipinski definition) is 4. The summed E-state index contributed by atoms with van der Waals surface area (Å²) in [7, 11) is 0. The molecular formula is C19H20N2O4. The van der Waals surface area contributed by atoms with E-state index >= 15 is 0 Å². The Kier molecular flexibility index (Phi) is 5.40. The summed E-state index contributed by atoms with van der Waals surface area (Å²) in [6, 6.07) is 11.7. The number of nitrogens with zero attached hydrogens (tertiary/aromatic N) is 1. The number of carbonyl (C=O) groups excluding carboxylic acids is 1. The topological polar surface area (TPSA) is 88.5 Å². The van der Waals surface area contributed by atoms with Gasteiger partial charge in [0.05, 0.1) is 12.7 Å². The third-order valence-corrected chi connectivity index (χ3v) is 4.20. The summed E-state index contributed by atoms with van der Waals surface area (Å²) in [4.78, 5) is 26.9. The Morgan fingerprint density at radius 3 is 2.44 bits per heavy atom. The van der Waals surface area contributed by atoms with Crippen LogP contribution in [0.3, 0.4) is 0 Å². The molecule has 0 spiro atoms. The average Bonchev–Trinajstić information content (AvgIpc) is 3.15. The second kappa shape index (κ2) is 7.90. The van der Waals surface area contributed by atoms with Crippen molar-refractivity contribution in [1.82, 2.24) is 4.98 Å². The molecule has 6 heteroatoms. The Bertz CT molecular complexity index is 752. The van der Waals surface area contributed by atoms with Crippen LogP contribution >= 0.6 is 0 Å². The molecule has 2 aromatic rings. The minimum absolute atomic E-state index is 0.0635. The largest absolute Gasteiger partial charge is 0.477 e. The number of rotatable bonds is 6. The smallest absolute Gasteiger partial charge is 0.354 e. The summed E-state index contributed by atoms with van der Waals surface area (Å²) >= 11 is 0. The molecule has 0 bridgehead atoms. The van der Waals surface area contributed by atoms with Crippen LogP contribution in [0.15, 0.2) is 42.5 Å².